The summed E-state index contributed by atoms with van der Waals surface area (Å²) in [5.41, 5.74) is 6.68. The second-order valence-corrected chi connectivity index (χ2v) is 2.76. The number of nitrogens with two attached hydrogens (primary N) is 1. The van der Waals surface area contributed by atoms with Gasteiger partial charge in [-0.2, -0.15) is 0 Å². The van der Waals surface area contributed by atoms with E-state index in [4.69, 9.17) is 10.8 Å². The van der Waals surface area contributed by atoms with Crippen molar-refractivity contribution in [2.75, 3.05) is 6.61 Å². The van der Waals surface area contributed by atoms with Crippen molar-refractivity contribution in [1.29, 1.82) is 0 Å². The van der Waals surface area contributed by atoms with E-state index in [-0.39, 0.29) is 12.4 Å². The summed E-state index contributed by atoms with van der Waals surface area (Å²) in [5.74, 6) is -0.350. The zero-order valence-electron chi connectivity index (χ0n) is 6.92. The van der Waals surface area contributed by atoms with Gasteiger partial charge >= 0.3 is 0 Å². The molecule has 0 saturated carbocycles. The molecule has 0 heterocycles. The molecule has 0 saturated heterocycles. The summed E-state index contributed by atoms with van der Waals surface area (Å²) in [4.78, 5) is 0. The van der Waals surface area contributed by atoms with Crippen LogP contribution in [0.5, 0.6) is 0 Å². The number of aliphatic hydroxyl groups is 1. The fourth-order valence-corrected chi connectivity index (χ4v) is 1.21. The van der Waals surface area contributed by atoms with Crippen LogP contribution in [-0.4, -0.2) is 11.7 Å². The van der Waals surface area contributed by atoms with E-state index in [1.807, 2.05) is 0 Å². The van der Waals surface area contributed by atoms with E-state index in [1.165, 1.54) is 6.07 Å². The van der Waals surface area contributed by atoms with Crippen LogP contribution in [0.25, 0.3) is 0 Å². The van der Waals surface area contributed by atoms with Gasteiger partial charge in [0, 0.05) is 5.56 Å². The van der Waals surface area contributed by atoms with Crippen LogP contribution in [-0.2, 0) is 0 Å². The zero-order chi connectivity index (χ0) is 9.14. The van der Waals surface area contributed by atoms with Gasteiger partial charge in [0.25, 0.3) is 0 Å². The lowest BCUT2D eigenvalue weighted by Gasteiger charge is -2.12. The third kappa shape index (κ3) is 1.62. The highest BCUT2D eigenvalue weighted by Gasteiger charge is 2.11. The number of rotatable bonds is 2. The van der Waals surface area contributed by atoms with Gasteiger partial charge in [-0.05, 0) is 18.6 Å². The van der Waals surface area contributed by atoms with Crippen molar-refractivity contribution >= 4 is 0 Å². The molecule has 0 aliphatic rings. The minimum atomic E-state index is -0.619. The molecular formula is C9H12FNO. The number of aryl methyl sites for hydroxylation is 1. The minimum absolute atomic E-state index is 0.234. The Balaban J connectivity index is 3.12. The molecule has 0 spiro atoms. The first kappa shape index (κ1) is 9.16. The van der Waals surface area contributed by atoms with Crippen LogP contribution in [0.4, 0.5) is 4.39 Å². The van der Waals surface area contributed by atoms with E-state index in [2.05, 4.69) is 0 Å². The molecule has 1 unspecified atom stereocenters. The monoisotopic (exact) mass is 169 g/mol. The van der Waals surface area contributed by atoms with Crippen molar-refractivity contribution < 1.29 is 9.50 Å². The number of halogens is 1. The van der Waals surface area contributed by atoms with E-state index < -0.39 is 6.04 Å². The van der Waals surface area contributed by atoms with Gasteiger partial charge in [0.15, 0.2) is 0 Å². The van der Waals surface area contributed by atoms with Crippen LogP contribution in [0.1, 0.15) is 17.2 Å². The van der Waals surface area contributed by atoms with Crippen LogP contribution in [0.2, 0.25) is 0 Å². The van der Waals surface area contributed by atoms with E-state index in [0.29, 0.717) is 5.56 Å². The maximum Gasteiger partial charge on any atom is 0.128 e. The molecule has 0 bridgehead atoms. The Labute approximate surface area is 70.8 Å². The van der Waals surface area contributed by atoms with Gasteiger partial charge in [-0.3, -0.25) is 0 Å². The van der Waals surface area contributed by atoms with Crippen LogP contribution in [0.15, 0.2) is 18.2 Å². The lowest BCUT2D eigenvalue weighted by molar-refractivity contribution is 0.265. The van der Waals surface area contributed by atoms with Gasteiger partial charge in [-0.25, -0.2) is 4.39 Å². The Morgan fingerprint density at radius 1 is 1.58 bits per heavy atom. The molecule has 3 N–H and O–H groups in total. The van der Waals surface area contributed by atoms with Crippen molar-refractivity contribution in [2.24, 2.45) is 5.73 Å². The molecule has 1 aromatic rings. The smallest absolute Gasteiger partial charge is 0.128 e. The summed E-state index contributed by atoms with van der Waals surface area (Å²) >= 11 is 0. The van der Waals surface area contributed by atoms with Crippen molar-refractivity contribution in [1.82, 2.24) is 0 Å². The molecule has 0 fully saturated rings. The van der Waals surface area contributed by atoms with Crippen molar-refractivity contribution in [2.45, 2.75) is 13.0 Å². The van der Waals surface area contributed by atoms with Crippen LogP contribution in [0.3, 0.4) is 0 Å². The fraction of sp³-hybridized carbons (Fsp3) is 0.333. The average Bonchev–Trinajstić information content (AvgIpc) is 2.03. The van der Waals surface area contributed by atoms with Crippen molar-refractivity contribution in [3.8, 4) is 0 Å². The molecule has 0 aliphatic carbocycles. The van der Waals surface area contributed by atoms with Gasteiger partial charge in [0.05, 0.1) is 12.6 Å². The molecule has 0 aromatic heterocycles. The Morgan fingerprint density at radius 2 is 2.25 bits per heavy atom. The average molecular weight is 169 g/mol. The van der Waals surface area contributed by atoms with Gasteiger partial charge in [0.2, 0.25) is 0 Å². The number of hydrogen-bond donors (Lipinski definition) is 2. The molecule has 2 nitrogen and oxygen atoms in total. The summed E-state index contributed by atoms with van der Waals surface area (Å²) in [7, 11) is 0. The molecule has 1 rings (SSSR count). The van der Waals surface area contributed by atoms with Gasteiger partial charge in [-0.1, -0.05) is 12.1 Å². The Kier molecular flexibility index (Phi) is 2.78. The molecule has 3 heteroatoms. The van der Waals surface area contributed by atoms with Crippen molar-refractivity contribution in [3.05, 3.63) is 35.1 Å². The Hall–Kier alpha value is -0.930. The Morgan fingerprint density at radius 3 is 2.75 bits per heavy atom. The molecule has 0 aliphatic heterocycles. The first-order valence-electron chi connectivity index (χ1n) is 3.78. The SMILES string of the molecule is Cc1cccc(F)c1C(N)CO. The summed E-state index contributed by atoms with van der Waals surface area (Å²) in [6.45, 7) is 1.54. The number of hydrogen-bond acceptors (Lipinski definition) is 2. The van der Waals surface area contributed by atoms with Gasteiger partial charge < -0.3 is 10.8 Å². The highest BCUT2D eigenvalue weighted by molar-refractivity contribution is 5.30. The molecule has 1 aromatic carbocycles. The topological polar surface area (TPSA) is 46.2 Å². The first-order valence-corrected chi connectivity index (χ1v) is 3.78. The maximum atomic E-state index is 13.1. The first-order chi connectivity index (χ1) is 5.66. The number of benzene rings is 1. The molecule has 1 atom stereocenters. The van der Waals surface area contributed by atoms with E-state index in [9.17, 15) is 4.39 Å². The van der Waals surface area contributed by atoms with E-state index in [0.717, 1.165) is 5.56 Å². The number of aliphatic hydroxyl groups excluding tert-OH is 1. The molecule has 66 valence electrons. The standard InChI is InChI=1S/C9H12FNO/c1-6-3-2-4-7(10)9(6)8(11)5-12/h2-4,8,12H,5,11H2,1H3. The Bertz CT molecular complexity index is 255. The summed E-state index contributed by atoms with van der Waals surface area (Å²) in [5, 5.41) is 8.75. The molecule has 0 amide bonds. The second-order valence-electron chi connectivity index (χ2n) is 2.76. The predicted octanol–water partition coefficient (Wildman–Crippen LogP) is 1.13. The predicted molar refractivity (Wildman–Crippen MR) is 45.2 cm³/mol. The third-order valence-corrected chi connectivity index (χ3v) is 1.84. The van der Waals surface area contributed by atoms with Crippen molar-refractivity contribution in [3.63, 3.8) is 0 Å². The largest absolute Gasteiger partial charge is 0.394 e. The minimum Gasteiger partial charge on any atom is -0.394 e. The maximum absolute atomic E-state index is 13.1. The third-order valence-electron chi connectivity index (χ3n) is 1.84. The molecule has 0 radical (unpaired) electrons. The van der Waals surface area contributed by atoms with Crippen LogP contribution < -0.4 is 5.73 Å². The lowest BCUT2D eigenvalue weighted by atomic mass is 10.0. The fourth-order valence-electron chi connectivity index (χ4n) is 1.21. The van der Waals surface area contributed by atoms with Gasteiger partial charge in [0.1, 0.15) is 5.82 Å². The molecule has 12 heavy (non-hydrogen) atoms. The zero-order valence-corrected chi connectivity index (χ0v) is 6.92. The van der Waals surface area contributed by atoms with E-state index in [1.54, 1.807) is 19.1 Å². The summed E-state index contributed by atoms with van der Waals surface area (Å²) in [6, 6.07) is 4.12. The summed E-state index contributed by atoms with van der Waals surface area (Å²) in [6.07, 6.45) is 0. The molecular weight excluding hydrogens is 157 g/mol. The van der Waals surface area contributed by atoms with Crippen LogP contribution >= 0.6 is 0 Å². The van der Waals surface area contributed by atoms with Gasteiger partial charge in [-0.15, -0.1) is 0 Å². The quantitative estimate of drug-likeness (QED) is 0.697. The lowest BCUT2D eigenvalue weighted by Crippen LogP contribution is -2.17. The highest BCUT2D eigenvalue weighted by Crippen LogP contribution is 2.18. The second kappa shape index (κ2) is 3.65. The summed E-state index contributed by atoms with van der Waals surface area (Å²) < 4.78 is 13.1. The van der Waals surface area contributed by atoms with Crippen LogP contribution in [0, 0.1) is 12.7 Å². The normalized spacial score (nSPS) is 13.0. The van der Waals surface area contributed by atoms with E-state index >= 15 is 0 Å². The highest BCUT2D eigenvalue weighted by atomic mass is 19.1.